The molecule has 0 bridgehead atoms. The molecular weight excluding hydrogens is 236 g/mol. The molecule has 2 heterocycles. The number of nitrogens with zero attached hydrogens (tertiary/aromatic N) is 1. The maximum atomic E-state index is 12.6. The van der Waals surface area contributed by atoms with Gasteiger partial charge in [0.15, 0.2) is 0 Å². The average molecular weight is 258 g/mol. The molecule has 2 atom stereocenters. The molecule has 1 amide bonds. The van der Waals surface area contributed by atoms with Crippen LogP contribution in [-0.4, -0.2) is 53.7 Å². The van der Waals surface area contributed by atoms with E-state index < -0.39 is 5.41 Å². The maximum absolute atomic E-state index is 12.6. The van der Waals surface area contributed by atoms with Gasteiger partial charge < -0.3 is 15.4 Å². The number of ether oxygens (including phenoxy) is 1. The largest absolute Gasteiger partial charge is 0.379 e. The van der Waals surface area contributed by atoms with Crippen molar-refractivity contribution < 1.29 is 9.53 Å². The Kier molecular flexibility index (Phi) is 3.45. The van der Waals surface area contributed by atoms with E-state index in [1.165, 1.54) is 0 Å². The van der Waals surface area contributed by atoms with E-state index in [2.05, 4.69) is 13.8 Å². The first kappa shape index (κ1) is 13.2. The van der Waals surface area contributed by atoms with Gasteiger partial charge in [-0.05, 0) is 20.8 Å². The number of rotatable bonds is 1. The number of carbonyl (C=O) groups excluding carboxylic acids is 1. The Balaban J connectivity index is 2.09. The zero-order valence-electron chi connectivity index (χ0n) is 10.9. The van der Waals surface area contributed by atoms with Crippen LogP contribution in [0, 0.1) is 5.41 Å². The zero-order chi connectivity index (χ0) is 12.7. The topological polar surface area (TPSA) is 55.6 Å². The molecule has 4 nitrogen and oxygen atoms in total. The Morgan fingerprint density at radius 2 is 2.18 bits per heavy atom. The van der Waals surface area contributed by atoms with Crippen LogP contribution in [0.4, 0.5) is 0 Å². The molecule has 0 spiro atoms. The van der Waals surface area contributed by atoms with Gasteiger partial charge in [-0.25, -0.2) is 0 Å². The lowest BCUT2D eigenvalue weighted by Gasteiger charge is -2.41. The van der Waals surface area contributed by atoms with E-state index in [-0.39, 0.29) is 16.7 Å². The highest BCUT2D eigenvalue weighted by Gasteiger charge is 2.47. The predicted octanol–water partition coefficient (Wildman–Crippen LogP) is 0.704. The molecule has 17 heavy (non-hydrogen) atoms. The minimum absolute atomic E-state index is 0.147. The molecule has 2 unspecified atom stereocenters. The lowest BCUT2D eigenvalue weighted by Crippen LogP contribution is -2.56. The molecule has 0 saturated carbocycles. The second kappa shape index (κ2) is 4.44. The highest BCUT2D eigenvalue weighted by molar-refractivity contribution is 8.00. The first-order chi connectivity index (χ1) is 7.85. The van der Waals surface area contributed by atoms with Crippen molar-refractivity contribution in [1.29, 1.82) is 0 Å². The van der Waals surface area contributed by atoms with Gasteiger partial charge in [-0.1, -0.05) is 0 Å². The molecule has 0 aromatic rings. The van der Waals surface area contributed by atoms with Gasteiger partial charge in [-0.3, -0.25) is 4.79 Å². The first-order valence-corrected chi connectivity index (χ1v) is 7.10. The molecule has 0 aliphatic carbocycles. The highest BCUT2D eigenvalue weighted by atomic mass is 32.2. The normalized spacial score (nSPS) is 37.2. The first-order valence-electron chi connectivity index (χ1n) is 6.12. The summed E-state index contributed by atoms with van der Waals surface area (Å²) in [6, 6.07) is -0.173. The summed E-state index contributed by atoms with van der Waals surface area (Å²) >= 11 is 1.93. The Hall–Kier alpha value is -0.260. The third-order valence-electron chi connectivity index (χ3n) is 3.72. The summed E-state index contributed by atoms with van der Waals surface area (Å²) < 4.78 is 5.51. The van der Waals surface area contributed by atoms with E-state index in [1.807, 2.05) is 23.6 Å². The van der Waals surface area contributed by atoms with Crippen LogP contribution in [0.2, 0.25) is 0 Å². The Bertz CT molecular complexity index is 322. The molecule has 5 heteroatoms. The van der Waals surface area contributed by atoms with Crippen molar-refractivity contribution in [3.05, 3.63) is 0 Å². The lowest BCUT2D eigenvalue weighted by molar-refractivity contribution is -0.142. The molecule has 2 aliphatic rings. The Morgan fingerprint density at radius 1 is 1.47 bits per heavy atom. The molecule has 0 aromatic heterocycles. The molecular formula is C12H22N2O2S. The molecule has 0 aromatic carbocycles. The van der Waals surface area contributed by atoms with Gasteiger partial charge in [0.1, 0.15) is 0 Å². The van der Waals surface area contributed by atoms with Crippen molar-refractivity contribution in [3.63, 3.8) is 0 Å². The van der Waals surface area contributed by atoms with Crippen LogP contribution in [0.25, 0.3) is 0 Å². The van der Waals surface area contributed by atoms with E-state index in [0.717, 1.165) is 18.8 Å². The van der Waals surface area contributed by atoms with Crippen LogP contribution in [0.1, 0.15) is 20.8 Å². The van der Waals surface area contributed by atoms with Crippen molar-refractivity contribution in [3.8, 4) is 0 Å². The number of amides is 1. The minimum atomic E-state index is -0.530. The van der Waals surface area contributed by atoms with E-state index in [0.29, 0.717) is 13.2 Å². The van der Waals surface area contributed by atoms with Gasteiger partial charge in [0.05, 0.1) is 18.6 Å². The zero-order valence-corrected chi connectivity index (χ0v) is 11.7. The SMILES string of the molecule is CC1(C)CN(C(=O)C2(C)COCC2N)CCS1. The van der Waals surface area contributed by atoms with Gasteiger partial charge in [0.2, 0.25) is 5.91 Å². The molecule has 98 valence electrons. The van der Waals surface area contributed by atoms with E-state index in [9.17, 15) is 4.79 Å². The summed E-state index contributed by atoms with van der Waals surface area (Å²) in [6.45, 7) is 8.89. The van der Waals surface area contributed by atoms with Gasteiger partial charge in [0, 0.05) is 29.6 Å². The third kappa shape index (κ3) is 2.46. The smallest absolute Gasteiger partial charge is 0.232 e. The van der Waals surface area contributed by atoms with Crippen LogP contribution in [0.5, 0.6) is 0 Å². The minimum Gasteiger partial charge on any atom is -0.379 e. The summed E-state index contributed by atoms with van der Waals surface area (Å²) in [6.07, 6.45) is 0. The number of hydrogen-bond donors (Lipinski definition) is 1. The quantitative estimate of drug-likeness (QED) is 0.752. The van der Waals surface area contributed by atoms with E-state index >= 15 is 0 Å². The summed E-state index contributed by atoms with van der Waals surface area (Å²) in [7, 11) is 0. The molecule has 2 aliphatic heterocycles. The summed E-state index contributed by atoms with van der Waals surface area (Å²) in [5, 5.41) is 0. The van der Waals surface area contributed by atoms with Gasteiger partial charge >= 0.3 is 0 Å². The highest BCUT2D eigenvalue weighted by Crippen LogP contribution is 2.34. The molecule has 2 rings (SSSR count). The van der Waals surface area contributed by atoms with Gasteiger partial charge in [-0.15, -0.1) is 0 Å². The predicted molar refractivity (Wildman–Crippen MR) is 70.0 cm³/mol. The van der Waals surface area contributed by atoms with Crippen LogP contribution in [0.3, 0.4) is 0 Å². The molecule has 2 saturated heterocycles. The van der Waals surface area contributed by atoms with Crippen LogP contribution in [0.15, 0.2) is 0 Å². The summed E-state index contributed by atoms with van der Waals surface area (Å²) in [5.41, 5.74) is 5.48. The number of carbonyl (C=O) groups is 1. The maximum Gasteiger partial charge on any atom is 0.232 e. The number of thioether (sulfide) groups is 1. The monoisotopic (exact) mass is 258 g/mol. The van der Waals surface area contributed by atoms with Crippen molar-refractivity contribution >= 4 is 17.7 Å². The van der Waals surface area contributed by atoms with Crippen molar-refractivity contribution in [2.45, 2.75) is 31.6 Å². The van der Waals surface area contributed by atoms with E-state index in [1.54, 1.807) is 0 Å². The standard InChI is InChI=1S/C12H22N2O2S/c1-11(2)7-14(4-5-17-11)10(15)12(3)8-16-6-9(12)13/h9H,4-8,13H2,1-3H3. The van der Waals surface area contributed by atoms with Crippen LogP contribution in [-0.2, 0) is 9.53 Å². The van der Waals surface area contributed by atoms with Crippen molar-refractivity contribution in [2.75, 3.05) is 32.1 Å². The van der Waals surface area contributed by atoms with Crippen LogP contribution < -0.4 is 5.73 Å². The second-order valence-electron chi connectivity index (χ2n) is 5.87. The summed E-state index contributed by atoms with van der Waals surface area (Å²) in [5.74, 6) is 1.17. The fourth-order valence-electron chi connectivity index (χ4n) is 2.46. The number of hydrogen-bond acceptors (Lipinski definition) is 4. The molecule has 2 fully saturated rings. The third-order valence-corrected chi connectivity index (χ3v) is 5.02. The Morgan fingerprint density at radius 3 is 2.71 bits per heavy atom. The van der Waals surface area contributed by atoms with Crippen LogP contribution >= 0.6 is 11.8 Å². The van der Waals surface area contributed by atoms with Gasteiger partial charge in [-0.2, -0.15) is 11.8 Å². The Labute approximate surface area is 107 Å². The summed E-state index contributed by atoms with van der Waals surface area (Å²) in [4.78, 5) is 14.5. The van der Waals surface area contributed by atoms with Crippen molar-refractivity contribution in [2.24, 2.45) is 11.1 Å². The second-order valence-corrected chi connectivity index (χ2v) is 7.68. The fourth-order valence-corrected chi connectivity index (χ4v) is 3.57. The number of nitrogens with two attached hydrogens (primary N) is 1. The molecule has 0 radical (unpaired) electrons. The van der Waals surface area contributed by atoms with Crippen molar-refractivity contribution in [1.82, 2.24) is 4.90 Å². The average Bonchev–Trinajstić information content (AvgIpc) is 2.58. The van der Waals surface area contributed by atoms with E-state index in [4.69, 9.17) is 10.5 Å². The molecule has 2 N–H and O–H groups in total. The fraction of sp³-hybridized carbons (Fsp3) is 0.917. The lowest BCUT2D eigenvalue weighted by atomic mass is 9.84. The van der Waals surface area contributed by atoms with Gasteiger partial charge in [0.25, 0.3) is 0 Å².